The zero-order chi connectivity index (χ0) is 24.0. The minimum atomic E-state index is -0.917. The second-order valence-electron chi connectivity index (χ2n) is 7.44. The molecule has 0 saturated heterocycles. The Morgan fingerprint density at radius 2 is 2.00 bits per heavy atom. The number of carbonyl (C=O) groups excluding carboxylic acids is 2. The van der Waals surface area contributed by atoms with Crippen molar-refractivity contribution in [3.05, 3.63) is 57.8 Å². The highest BCUT2D eigenvalue weighted by Crippen LogP contribution is 2.36. The van der Waals surface area contributed by atoms with E-state index in [-0.39, 0.29) is 43.3 Å². The zero-order valence-electron chi connectivity index (χ0n) is 17.4. The van der Waals surface area contributed by atoms with Gasteiger partial charge in [0.2, 0.25) is 0 Å². The van der Waals surface area contributed by atoms with E-state index in [1.807, 2.05) is 0 Å². The van der Waals surface area contributed by atoms with E-state index in [0.717, 1.165) is 6.07 Å². The second kappa shape index (κ2) is 11.5. The summed E-state index contributed by atoms with van der Waals surface area (Å²) in [5.74, 6) is -1.03. The van der Waals surface area contributed by atoms with Crippen LogP contribution in [0.5, 0.6) is 11.5 Å². The highest BCUT2D eigenvalue weighted by molar-refractivity contribution is 6.31. The molecule has 2 aromatic rings. The predicted molar refractivity (Wildman–Crippen MR) is 119 cm³/mol. The normalized spacial score (nSPS) is 18.0. The first-order chi connectivity index (χ1) is 15.7. The average molecular weight is 501 g/mol. The lowest BCUT2D eigenvalue weighted by atomic mass is 9.98. The SMILES string of the molecule is O=C(COc1ccc(Cl)c(F)c1)NCC[C@H](O)CNC(=O)[C@H]1C[C@@H](O)c2cc(Cl)ccc2O1. The number of ether oxygens (including phenoxy) is 2. The second-order valence-corrected chi connectivity index (χ2v) is 8.29. The van der Waals surface area contributed by atoms with Crippen molar-refractivity contribution in [1.82, 2.24) is 10.6 Å². The van der Waals surface area contributed by atoms with Crippen molar-refractivity contribution >= 4 is 35.0 Å². The molecule has 0 aromatic heterocycles. The van der Waals surface area contributed by atoms with Gasteiger partial charge in [0.15, 0.2) is 12.7 Å². The van der Waals surface area contributed by atoms with E-state index in [1.165, 1.54) is 12.1 Å². The third kappa shape index (κ3) is 7.20. The predicted octanol–water partition coefficient (Wildman–Crippen LogP) is 2.38. The van der Waals surface area contributed by atoms with Crippen molar-refractivity contribution in [2.24, 2.45) is 0 Å². The Labute approximate surface area is 199 Å². The molecule has 0 fully saturated rings. The van der Waals surface area contributed by atoms with Crippen LogP contribution in [-0.2, 0) is 9.59 Å². The van der Waals surface area contributed by atoms with Gasteiger partial charge in [0, 0.05) is 36.2 Å². The van der Waals surface area contributed by atoms with Crippen LogP contribution in [-0.4, -0.2) is 53.9 Å². The van der Waals surface area contributed by atoms with Gasteiger partial charge < -0.3 is 30.3 Å². The van der Waals surface area contributed by atoms with Crippen LogP contribution in [0.4, 0.5) is 4.39 Å². The molecule has 33 heavy (non-hydrogen) atoms. The van der Waals surface area contributed by atoms with Gasteiger partial charge in [0.1, 0.15) is 17.3 Å². The van der Waals surface area contributed by atoms with Crippen LogP contribution in [0.1, 0.15) is 24.5 Å². The standard InChI is InChI=1S/C22H23Cl2FN2O6/c23-12-1-4-19-15(7-12)18(29)9-20(33-19)22(31)27-10-13(28)5-6-26-21(30)11-32-14-2-3-16(24)17(25)8-14/h1-4,7-8,13,18,20,28-29H,5-6,9-11H2,(H,26,30)(H,27,31)/t13-,18+,20+/m0/s1. The molecule has 1 aliphatic heterocycles. The summed E-state index contributed by atoms with van der Waals surface area (Å²) in [6.07, 6.45) is -2.48. The molecule has 1 aliphatic rings. The smallest absolute Gasteiger partial charge is 0.261 e. The van der Waals surface area contributed by atoms with Crippen molar-refractivity contribution in [3.8, 4) is 11.5 Å². The molecule has 0 aliphatic carbocycles. The van der Waals surface area contributed by atoms with E-state index in [4.69, 9.17) is 32.7 Å². The van der Waals surface area contributed by atoms with Crippen LogP contribution in [0.15, 0.2) is 36.4 Å². The minimum Gasteiger partial charge on any atom is -0.484 e. The quantitative estimate of drug-likeness (QED) is 0.419. The molecule has 0 unspecified atom stereocenters. The third-order valence-electron chi connectivity index (χ3n) is 4.90. The number of hydrogen-bond acceptors (Lipinski definition) is 6. The molecule has 178 valence electrons. The summed E-state index contributed by atoms with van der Waals surface area (Å²) in [4.78, 5) is 24.2. The van der Waals surface area contributed by atoms with Crippen LogP contribution in [0, 0.1) is 5.82 Å². The number of aliphatic hydroxyl groups is 2. The van der Waals surface area contributed by atoms with Gasteiger partial charge in [-0.1, -0.05) is 23.2 Å². The van der Waals surface area contributed by atoms with E-state index in [0.29, 0.717) is 16.3 Å². The lowest BCUT2D eigenvalue weighted by molar-refractivity contribution is -0.131. The molecule has 0 spiro atoms. The van der Waals surface area contributed by atoms with Gasteiger partial charge in [0.25, 0.3) is 11.8 Å². The molecule has 4 N–H and O–H groups in total. The first-order valence-corrected chi connectivity index (χ1v) is 10.9. The molecular formula is C22H23Cl2FN2O6. The van der Waals surface area contributed by atoms with Crippen LogP contribution in [0.3, 0.4) is 0 Å². The molecule has 8 nitrogen and oxygen atoms in total. The van der Waals surface area contributed by atoms with Crippen molar-refractivity contribution in [2.75, 3.05) is 19.7 Å². The summed E-state index contributed by atoms with van der Waals surface area (Å²) in [7, 11) is 0. The van der Waals surface area contributed by atoms with Gasteiger partial charge in [0.05, 0.1) is 17.2 Å². The maximum atomic E-state index is 13.3. The van der Waals surface area contributed by atoms with Gasteiger partial charge >= 0.3 is 0 Å². The Hall–Kier alpha value is -2.59. The summed E-state index contributed by atoms with van der Waals surface area (Å²) in [6.45, 7) is -0.248. The third-order valence-corrected chi connectivity index (χ3v) is 5.44. The Balaban J connectivity index is 1.34. The highest BCUT2D eigenvalue weighted by atomic mass is 35.5. The van der Waals surface area contributed by atoms with Crippen molar-refractivity contribution < 1.29 is 33.7 Å². The van der Waals surface area contributed by atoms with Crippen LogP contribution >= 0.6 is 23.2 Å². The molecule has 0 saturated carbocycles. The van der Waals surface area contributed by atoms with Crippen LogP contribution in [0.2, 0.25) is 10.0 Å². The van der Waals surface area contributed by atoms with Gasteiger partial charge in [-0.25, -0.2) is 4.39 Å². The molecule has 3 atom stereocenters. The molecule has 3 rings (SSSR count). The Morgan fingerprint density at radius 1 is 1.21 bits per heavy atom. The Bertz CT molecular complexity index is 1010. The molecule has 2 amide bonds. The van der Waals surface area contributed by atoms with Crippen molar-refractivity contribution in [1.29, 1.82) is 0 Å². The topological polar surface area (TPSA) is 117 Å². The monoisotopic (exact) mass is 500 g/mol. The largest absolute Gasteiger partial charge is 0.484 e. The van der Waals surface area contributed by atoms with Gasteiger partial charge in [-0.05, 0) is 36.8 Å². The number of fused-ring (bicyclic) bond motifs is 1. The summed E-state index contributed by atoms with van der Waals surface area (Å²) >= 11 is 11.5. The number of nitrogens with one attached hydrogen (secondary N) is 2. The van der Waals surface area contributed by atoms with Gasteiger partial charge in [-0.2, -0.15) is 0 Å². The molecule has 0 radical (unpaired) electrons. The lowest BCUT2D eigenvalue weighted by Crippen LogP contribution is -2.44. The van der Waals surface area contributed by atoms with Crippen LogP contribution < -0.4 is 20.1 Å². The minimum absolute atomic E-state index is 0.0474. The summed E-state index contributed by atoms with van der Waals surface area (Å²) in [5.41, 5.74) is 0.521. The summed E-state index contributed by atoms with van der Waals surface area (Å²) in [5, 5.41) is 25.9. The molecule has 0 bridgehead atoms. The van der Waals surface area contributed by atoms with E-state index >= 15 is 0 Å². The number of aliphatic hydroxyl groups excluding tert-OH is 2. The number of benzene rings is 2. The number of halogens is 3. The van der Waals surface area contributed by atoms with E-state index < -0.39 is 35.9 Å². The van der Waals surface area contributed by atoms with E-state index in [2.05, 4.69) is 10.6 Å². The highest BCUT2D eigenvalue weighted by Gasteiger charge is 2.32. The number of rotatable bonds is 9. The lowest BCUT2D eigenvalue weighted by Gasteiger charge is -2.29. The number of carbonyl (C=O) groups is 2. The fourth-order valence-corrected chi connectivity index (χ4v) is 3.46. The number of amides is 2. The maximum absolute atomic E-state index is 13.3. The van der Waals surface area contributed by atoms with Crippen LogP contribution in [0.25, 0.3) is 0 Å². The van der Waals surface area contributed by atoms with Gasteiger partial charge in [-0.15, -0.1) is 0 Å². The summed E-state index contributed by atoms with van der Waals surface area (Å²) in [6, 6.07) is 8.61. The van der Waals surface area contributed by atoms with Gasteiger partial charge in [-0.3, -0.25) is 9.59 Å². The first-order valence-electron chi connectivity index (χ1n) is 10.2. The molecular weight excluding hydrogens is 478 g/mol. The Kier molecular flexibility index (Phi) is 8.74. The first kappa shape index (κ1) is 25.0. The van der Waals surface area contributed by atoms with Crippen molar-refractivity contribution in [3.63, 3.8) is 0 Å². The molecule has 11 heteroatoms. The summed E-state index contributed by atoms with van der Waals surface area (Å²) < 4.78 is 24.2. The maximum Gasteiger partial charge on any atom is 0.261 e. The average Bonchev–Trinajstić information content (AvgIpc) is 2.78. The van der Waals surface area contributed by atoms with E-state index in [9.17, 15) is 24.2 Å². The fourth-order valence-electron chi connectivity index (χ4n) is 3.16. The fraction of sp³-hybridized carbons (Fsp3) is 0.364. The van der Waals surface area contributed by atoms with Crippen molar-refractivity contribution in [2.45, 2.75) is 31.2 Å². The molecule has 2 aromatic carbocycles. The Morgan fingerprint density at radius 3 is 2.76 bits per heavy atom. The molecule has 1 heterocycles. The van der Waals surface area contributed by atoms with E-state index in [1.54, 1.807) is 18.2 Å². The number of hydrogen-bond donors (Lipinski definition) is 4. The zero-order valence-corrected chi connectivity index (χ0v) is 18.9.